The fraction of sp³-hybridized carbons (Fsp3) is 0.600. The van der Waals surface area contributed by atoms with Gasteiger partial charge in [0.15, 0.2) is 11.6 Å². The molecule has 8 heteroatoms. The molecule has 0 saturated carbocycles. The van der Waals surface area contributed by atoms with E-state index in [0.29, 0.717) is 0 Å². The third-order valence-corrected chi connectivity index (χ3v) is 3.32. The Morgan fingerprint density at radius 2 is 2.11 bits per heavy atom. The van der Waals surface area contributed by atoms with Gasteiger partial charge in [-0.2, -0.15) is 5.10 Å². The number of nitrogens with one attached hydrogen (secondary N) is 2. The van der Waals surface area contributed by atoms with Crippen molar-refractivity contribution in [2.24, 2.45) is 0 Å². The lowest BCUT2D eigenvalue weighted by molar-refractivity contribution is -0.137. The van der Waals surface area contributed by atoms with E-state index in [4.69, 9.17) is 0 Å². The smallest absolute Gasteiger partial charge is 0.322 e. The molecule has 7 nitrogen and oxygen atoms in total. The minimum absolute atomic E-state index is 0.156. The van der Waals surface area contributed by atoms with Gasteiger partial charge in [0.1, 0.15) is 0 Å². The van der Waals surface area contributed by atoms with E-state index in [1.165, 1.54) is 0 Å². The summed E-state index contributed by atoms with van der Waals surface area (Å²) in [7, 11) is -2.66. The number of rotatable bonds is 4. The molecule has 0 fully saturated rings. The monoisotopic (exact) mass is 275 g/mol. The van der Waals surface area contributed by atoms with Crippen molar-refractivity contribution >= 4 is 21.8 Å². The van der Waals surface area contributed by atoms with Crippen molar-refractivity contribution in [3.8, 4) is 0 Å². The summed E-state index contributed by atoms with van der Waals surface area (Å²) < 4.78 is 29.6. The molecule has 0 bridgehead atoms. The molecule has 0 saturated heterocycles. The maximum Gasteiger partial charge on any atom is 0.322 e. The first-order valence-electron chi connectivity index (χ1n) is 5.27. The van der Waals surface area contributed by atoms with Crippen LogP contribution in [0.4, 0.5) is 5.82 Å². The Morgan fingerprint density at radius 3 is 2.56 bits per heavy atom. The number of ether oxygens (including phenoxy) is 1. The Bertz CT molecular complexity index is 528. The molecule has 0 aliphatic carbocycles. The van der Waals surface area contributed by atoms with E-state index in [9.17, 15) is 13.2 Å². The number of esters is 1. The fourth-order valence-corrected chi connectivity index (χ4v) is 2.09. The van der Waals surface area contributed by atoms with Crippen LogP contribution in [0.15, 0.2) is 6.07 Å². The second-order valence-electron chi connectivity index (χ2n) is 4.85. The van der Waals surface area contributed by atoms with Crippen LogP contribution in [0.3, 0.4) is 0 Å². The summed E-state index contributed by atoms with van der Waals surface area (Å²) >= 11 is 0. The van der Waals surface area contributed by atoms with E-state index in [-0.39, 0.29) is 11.2 Å². The van der Waals surface area contributed by atoms with E-state index >= 15 is 0 Å². The van der Waals surface area contributed by atoms with Crippen LogP contribution in [0.25, 0.3) is 0 Å². The number of hydrogen-bond acceptors (Lipinski definition) is 5. The highest BCUT2D eigenvalue weighted by Gasteiger charge is 2.21. The van der Waals surface area contributed by atoms with Gasteiger partial charge < -0.3 is 4.74 Å². The summed E-state index contributed by atoms with van der Waals surface area (Å²) in [5, 5.41) is 6.58. The van der Waals surface area contributed by atoms with Crippen LogP contribution in [0.2, 0.25) is 0 Å². The zero-order valence-electron chi connectivity index (χ0n) is 10.8. The summed E-state index contributed by atoms with van der Waals surface area (Å²) in [4.78, 5) is 10.9. The van der Waals surface area contributed by atoms with E-state index in [2.05, 4.69) is 19.7 Å². The minimum atomic E-state index is -3.79. The van der Waals surface area contributed by atoms with Crippen molar-refractivity contribution in [2.45, 2.75) is 26.2 Å². The van der Waals surface area contributed by atoms with Crippen molar-refractivity contribution in [2.75, 3.05) is 17.6 Å². The van der Waals surface area contributed by atoms with Gasteiger partial charge in [0.25, 0.3) is 0 Å². The SMILES string of the molecule is COC(=O)CS(=O)(=O)Nc1cc(C(C)(C)C)[nH]n1. The van der Waals surface area contributed by atoms with Crippen molar-refractivity contribution in [1.82, 2.24) is 10.2 Å². The average molecular weight is 275 g/mol. The molecule has 0 radical (unpaired) electrons. The summed E-state index contributed by atoms with van der Waals surface area (Å²) in [6.07, 6.45) is 0. The highest BCUT2D eigenvalue weighted by molar-refractivity contribution is 7.93. The molecule has 0 amide bonds. The molecule has 1 aromatic heterocycles. The number of methoxy groups -OCH3 is 1. The van der Waals surface area contributed by atoms with Gasteiger partial charge in [-0.1, -0.05) is 20.8 Å². The molecule has 1 rings (SSSR count). The van der Waals surface area contributed by atoms with E-state index < -0.39 is 21.7 Å². The molecule has 0 atom stereocenters. The number of nitrogens with zero attached hydrogens (tertiary/aromatic N) is 1. The molecular formula is C10H17N3O4S. The Balaban J connectivity index is 2.79. The van der Waals surface area contributed by atoms with Crippen LogP contribution in [0.5, 0.6) is 0 Å². The first-order chi connectivity index (χ1) is 8.14. The quantitative estimate of drug-likeness (QED) is 0.784. The molecule has 2 N–H and O–H groups in total. The number of hydrogen-bond donors (Lipinski definition) is 2. The second kappa shape index (κ2) is 4.97. The molecule has 18 heavy (non-hydrogen) atoms. The largest absolute Gasteiger partial charge is 0.468 e. The lowest BCUT2D eigenvalue weighted by Crippen LogP contribution is -2.23. The number of H-pyrrole nitrogens is 1. The number of sulfonamides is 1. The third kappa shape index (κ3) is 4.02. The minimum Gasteiger partial charge on any atom is -0.468 e. The molecule has 1 aromatic rings. The molecule has 0 aliphatic heterocycles. The van der Waals surface area contributed by atoms with Gasteiger partial charge in [-0.3, -0.25) is 14.6 Å². The maximum absolute atomic E-state index is 11.6. The molecule has 0 aromatic carbocycles. The van der Waals surface area contributed by atoms with E-state index in [1.807, 2.05) is 20.8 Å². The Morgan fingerprint density at radius 1 is 1.50 bits per heavy atom. The lowest BCUT2D eigenvalue weighted by Gasteiger charge is -2.14. The Labute approximate surface area is 106 Å². The summed E-state index contributed by atoms with van der Waals surface area (Å²) in [6, 6.07) is 1.59. The van der Waals surface area contributed by atoms with Crippen LogP contribution < -0.4 is 4.72 Å². The van der Waals surface area contributed by atoms with Gasteiger partial charge in [-0.15, -0.1) is 0 Å². The molecule has 0 spiro atoms. The number of anilines is 1. The normalized spacial score (nSPS) is 12.2. The van der Waals surface area contributed by atoms with Crippen LogP contribution in [-0.4, -0.2) is 37.4 Å². The van der Waals surface area contributed by atoms with Crippen LogP contribution in [-0.2, 0) is 25.0 Å². The van der Waals surface area contributed by atoms with Crippen molar-refractivity contribution in [3.05, 3.63) is 11.8 Å². The van der Waals surface area contributed by atoms with Gasteiger partial charge in [0.2, 0.25) is 10.0 Å². The van der Waals surface area contributed by atoms with Gasteiger partial charge in [-0.25, -0.2) is 8.42 Å². The maximum atomic E-state index is 11.6. The number of aromatic nitrogens is 2. The molecule has 102 valence electrons. The van der Waals surface area contributed by atoms with E-state index in [0.717, 1.165) is 12.8 Å². The summed E-state index contributed by atoms with van der Waals surface area (Å²) in [5.74, 6) is -1.40. The Hall–Kier alpha value is -1.57. The van der Waals surface area contributed by atoms with Crippen molar-refractivity contribution in [1.29, 1.82) is 0 Å². The average Bonchev–Trinajstić information content (AvgIpc) is 2.63. The van der Waals surface area contributed by atoms with Gasteiger partial charge in [0.05, 0.1) is 7.11 Å². The summed E-state index contributed by atoms with van der Waals surface area (Å²) in [5.41, 5.74) is 0.622. The fourth-order valence-electron chi connectivity index (χ4n) is 1.17. The van der Waals surface area contributed by atoms with Gasteiger partial charge >= 0.3 is 5.97 Å². The predicted molar refractivity (Wildman–Crippen MR) is 66.7 cm³/mol. The molecular weight excluding hydrogens is 258 g/mol. The van der Waals surface area contributed by atoms with Gasteiger partial charge in [-0.05, 0) is 0 Å². The van der Waals surface area contributed by atoms with Crippen LogP contribution >= 0.6 is 0 Å². The summed E-state index contributed by atoms with van der Waals surface area (Å²) in [6.45, 7) is 5.90. The highest BCUT2D eigenvalue weighted by atomic mass is 32.2. The van der Waals surface area contributed by atoms with Crippen LogP contribution in [0.1, 0.15) is 26.5 Å². The van der Waals surface area contributed by atoms with Crippen LogP contribution in [0, 0.1) is 0 Å². The number of carbonyl (C=O) groups excluding carboxylic acids is 1. The van der Waals surface area contributed by atoms with E-state index in [1.54, 1.807) is 6.07 Å². The second-order valence-corrected chi connectivity index (χ2v) is 6.58. The molecule has 0 unspecified atom stereocenters. The molecule has 0 aliphatic rings. The van der Waals surface area contributed by atoms with Crippen molar-refractivity contribution in [3.63, 3.8) is 0 Å². The van der Waals surface area contributed by atoms with Gasteiger partial charge in [0, 0.05) is 17.2 Å². The number of carbonyl (C=O) groups is 1. The first kappa shape index (κ1) is 14.5. The lowest BCUT2D eigenvalue weighted by atomic mass is 9.92. The standard InChI is InChI=1S/C10H17N3O4S/c1-10(2,3)7-5-8(12-11-7)13-18(15,16)6-9(14)17-4/h5H,6H2,1-4H3,(H2,11,12,13). The Kier molecular flexibility index (Phi) is 4.00. The predicted octanol–water partition coefficient (Wildman–Crippen LogP) is 0.622. The van der Waals surface area contributed by atoms with Crippen molar-refractivity contribution < 1.29 is 17.9 Å². The topological polar surface area (TPSA) is 101 Å². The number of aromatic amines is 1. The molecule has 1 heterocycles. The zero-order chi connectivity index (χ0) is 14.0. The zero-order valence-corrected chi connectivity index (χ0v) is 11.6. The third-order valence-electron chi connectivity index (χ3n) is 2.18. The highest BCUT2D eigenvalue weighted by Crippen LogP contribution is 2.22. The first-order valence-corrected chi connectivity index (χ1v) is 6.92.